The second kappa shape index (κ2) is 13.6. The Bertz CT molecular complexity index is 767. The molecule has 0 atom stereocenters. The van der Waals surface area contributed by atoms with Crippen LogP contribution in [0.15, 0.2) is 39.7 Å². The van der Waals surface area contributed by atoms with Gasteiger partial charge in [0.2, 0.25) is 5.89 Å². The summed E-state index contributed by atoms with van der Waals surface area (Å²) in [5.41, 5.74) is 2.27. The lowest BCUT2D eigenvalue weighted by Crippen LogP contribution is -2.46. The predicted molar refractivity (Wildman–Crippen MR) is 139 cm³/mol. The number of aromatic nitrogens is 1. The number of hydrogen-bond acceptors (Lipinski definition) is 5. The van der Waals surface area contributed by atoms with E-state index in [2.05, 4.69) is 67.7 Å². The summed E-state index contributed by atoms with van der Waals surface area (Å²) in [6.45, 7) is 13.8. The molecule has 0 saturated carbocycles. The molecular weight excluding hydrogens is 503 g/mol. The van der Waals surface area contributed by atoms with Gasteiger partial charge in [-0.15, -0.1) is 24.0 Å². The Morgan fingerprint density at radius 1 is 1.06 bits per heavy atom. The fourth-order valence-corrected chi connectivity index (χ4v) is 3.63. The number of para-hydroxylation sites is 1. The van der Waals surface area contributed by atoms with E-state index in [9.17, 15) is 0 Å². The SMILES string of the molecule is CCNC(=NCc1nc(C)c(C)o1)NCCCCN1CCN(c2ccccc2)CC1.I. The largest absolute Gasteiger partial charge is 0.444 e. The number of oxazole rings is 1. The van der Waals surface area contributed by atoms with Crippen LogP contribution in [0.1, 0.15) is 37.1 Å². The van der Waals surface area contributed by atoms with Gasteiger partial charge in [-0.1, -0.05) is 18.2 Å². The number of hydrogen-bond donors (Lipinski definition) is 2. The van der Waals surface area contributed by atoms with Gasteiger partial charge in [0.05, 0.1) is 5.69 Å². The van der Waals surface area contributed by atoms with Crippen LogP contribution in [0.3, 0.4) is 0 Å². The van der Waals surface area contributed by atoms with Gasteiger partial charge in [0.1, 0.15) is 12.3 Å². The second-order valence-corrected chi connectivity index (χ2v) is 7.74. The van der Waals surface area contributed by atoms with E-state index in [0.29, 0.717) is 12.4 Å². The second-order valence-electron chi connectivity index (χ2n) is 7.74. The lowest BCUT2D eigenvalue weighted by molar-refractivity contribution is 0.253. The van der Waals surface area contributed by atoms with E-state index in [1.54, 1.807) is 0 Å². The molecular formula is C23H37IN6O. The van der Waals surface area contributed by atoms with Crippen molar-refractivity contribution in [2.24, 2.45) is 4.99 Å². The van der Waals surface area contributed by atoms with E-state index in [0.717, 1.165) is 69.6 Å². The van der Waals surface area contributed by atoms with E-state index in [1.807, 2.05) is 13.8 Å². The van der Waals surface area contributed by atoms with Gasteiger partial charge in [0.15, 0.2) is 5.96 Å². The van der Waals surface area contributed by atoms with Gasteiger partial charge >= 0.3 is 0 Å². The first-order chi connectivity index (χ1) is 14.7. The van der Waals surface area contributed by atoms with Gasteiger partial charge in [-0.3, -0.25) is 4.90 Å². The number of aryl methyl sites for hydroxylation is 2. The molecule has 1 saturated heterocycles. The van der Waals surface area contributed by atoms with Gasteiger partial charge in [-0.05, 0) is 52.3 Å². The fraction of sp³-hybridized carbons (Fsp3) is 0.565. The summed E-state index contributed by atoms with van der Waals surface area (Å²) >= 11 is 0. The van der Waals surface area contributed by atoms with Gasteiger partial charge in [0, 0.05) is 45.0 Å². The van der Waals surface area contributed by atoms with E-state index in [1.165, 1.54) is 12.1 Å². The zero-order valence-corrected chi connectivity index (χ0v) is 21.4. The van der Waals surface area contributed by atoms with Crippen molar-refractivity contribution in [2.75, 3.05) is 50.7 Å². The zero-order chi connectivity index (χ0) is 21.2. The molecule has 0 aliphatic carbocycles. The van der Waals surface area contributed by atoms with Crippen LogP contribution in [-0.4, -0.2) is 61.7 Å². The Balaban J connectivity index is 0.00000341. The van der Waals surface area contributed by atoms with Crippen LogP contribution >= 0.6 is 24.0 Å². The Morgan fingerprint density at radius 2 is 1.81 bits per heavy atom. The van der Waals surface area contributed by atoms with E-state index in [-0.39, 0.29) is 24.0 Å². The van der Waals surface area contributed by atoms with Gasteiger partial charge in [-0.25, -0.2) is 9.98 Å². The van der Waals surface area contributed by atoms with Crippen molar-refractivity contribution in [3.8, 4) is 0 Å². The minimum atomic E-state index is 0. The first-order valence-electron chi connectivity index (χ1n) is 11.1. The van der Waals surface area contributed by atoms with Crippen molar-refractivity contribution in [3.05, 3.63) is 47.7 Å². The minimum Gasteiger partial charge on any atom is -0.444 e. The smallest absolute Gasteiger partial charge is 0.216 e. The number of aliphatic imine (C=N–C) groups is 1. The first kappa shape index (κ1) is 25.5. The normalized spacial score (nSPS) is 14.9. The van der Waals surface area contributed by atoms with Gasteiger partial charge in [0.25, 0.3) is 0 Å². The molecule has 31 heavy (non-hydrogen) atoms. The Kier molecular flexibility index (Phi) is 11.1. The number of halogens is 1. The number of unbranched alkanes of at least 4 members (excludes halogenated alkanes) is 1. The maximum absolute atomic E-state index is 5.61. The van der Waals surface area contributed by atoms with Crippen LogP contribution in [0.4, 0.5) is 5.69 Å². The van der Waals surface area contributed by atoms with Crippen LogP contribution in [-0.2, 0) is 6.54 Å². The maximum atomic E-state index is 5.61. The van der Waals surface area contributed by atoms with Gasteiger partial charge in [-0.2, -0.15) is 0 Å². The zero-order valence-electron chi connectivity index (χ0n) is 19.1. The number of guanidine groups is 1. The van der Waals surface area contributed by atoms with E-state index < -0.39 is 0 Å². The highest BCUT2D eigenvalue weighted by atomic mass is 127. The highest BCUT2D eigenvalue weighted by molar-refractivity contribution is 14.0. The quantitative estimate of drug-likeness (QED) is 0.220. The number of anilines is 1. The van der Waals surface area contributed by atoms with Crippen LogP contribution in [0.25, 0.3) is 0 Å². The number of nitrogens with one attached hydrogen (secondary N) is 2. The highest BCUT2D eigenvalue weighted by Gasteiger charge is 2.16. The summed E-state index contributed by atoms with van der Waals surface area (Å²) in [6, 6.07) is 10.7. The molecule has 3 rings (SSSR count). The van der Waals surface area contributed by atoms with Gasteiger partial charge < -0.3 is 20.0 Å². The molecule has 0 radical (unpaired) electrons. The molecule has 172 valence electrons. The third-order valence-electron chi connectivity index (χ3n) is 5.48. The lowest BCUT2D eigenvalue weighted by atomic mass is 10.2. The maximum Gasteiger partial charge on any atom is 0.216 e. The Labute approximate surface area is 203 Å². The number of piperazine rings is 1. The molecule has 1 fully saturated rings. The summed E-state index contributed by atoms with van der Waals surface area (Å²) in [5, 5.41) is 6.71. The fourth-order valence-electron chi connectivity index (χ4n) is 3.63. The molecule has 0 unspecified atom stereocenters. The average molecular weight is 540 g/mol. The van der Waals surface area contributed by atoms with Crippen LogP contribution in [0, 0.1) is 13.8 Å². The van der Waals surface area contributed by atoms with Crippen LogP contribution < -0.4 is 15.5 Å². The van der Waals surface area contributed by atoms with Crippen molar-refractivity contribution in [1.29, 1.82) is 0 Å². The summed E-state index contributed by atoms with van der Waals surface area (Å²) in [6.07, 6.45) is 2.32. The predicted octanol–water partition coefficient (Wildman–Crippen LogP) is 3.57. The molecule has 1 aliphatic heterocycles. The molecule has 0 spiro atoms. The Morgan fingerprint density at radius 3 is 2.45 bits per heavy atom. The number of nitrogens with zero attached hydrogens (tertiary/aromatic N) is 4. The third-order valence-corrected chi connectivity index (χ3v) is 5.48. The molecule has 1 aliphatic rings. The lowest BCUT2D eigenvalue weighted by Gasteiger charge is -2.36. The summed E-state index contributed by atoms with van der Waals surface area (Å²) in [5.74, 6) is 2.35. The molecule has 8 heteroatoms. The minimum absolute atomic E-state index is 0. The van der Waals surface area contributed by atoms with Crippen LogP contribution in [0.5, 0.6) is 0 Å². The van der Waals surface area contributed by atoms with E-state index >= 15 is 0 Å². The van der Waals surface area contributed by atoms with Crippen LogP contribution in [0.2, 0.25) is 0 Å². The summed E-state index contributed by atoms with van der Waals surface area (Å²) in [4.78, 5) is 14.0. The van der Waals surface area contributed by atoms with Crippen molar-refractivity contribution in [1.82, 2.24) is 20.5 Å². The Hall–Kier alpha value is -1.81. The molecule has 2 N–H and O–H groups in total. The van der Waals surface area contributed by atoms with Crippen molar-refractivity contribution in [3.63, 3.8) is 0 Å². The highest BCUT2D eigenvalue weighted by Crippen LogP contribution is 2.15. The molecule has 2 heterocycles. The topological polar surface area (TPSA) is 68.9 Å². The van der Waals surface area contributed by atoms with E-state index in [4.69, 9.17) is 4.42 Å². The first-order valence-corrected chi connectivity index (χ1v) is 11.1. The number of rotatable bonds is 9. The van der Waals surface area contributed by atoms with Crippen molar-refractivity contribution < 1.29 is 4.42 Å². The molecule has 2 aromatic rings. The molecule has 0 amide bonds. The van der Waals surface area contributed by atoms with Crippen molar-refractivity contribution >= 4 is 35.6 Å². The summed E-state index contributed by atoms with van der Waals surface area (Å²) in [7, 11) is 0. The molecule has 1 aromatic carbocycles. The number of benzene rings is 1. The summed E-state index contributed by atoms with van der Waals surface area (Å²) < 4.78 is 5.61. The standard InChI is InChI=1S/C23H36N6O.HI/c1-4-24-23(26-18-22-27-19(2)20(3)30-22)25-12-8-9-13-28-14-16-29(17-15-28)21-10-6-5-7-11-21;/h5-7,10-11H,4,8-9,12-18H2,1-3H3,(H2,24,25,26);1H. The third kappa shape index (κ3) is 8.33. The molecule has 7 nitrogen and oxygen atoms in total. The average Bonchev–Trinajstić information content (AvgIpc) is 3.10. The molecule has 1 aromatic heterocycles. The monoisotopic (exact) mass is 540 g/mol. The van der Waals surface area contributed by atoms with Crippen molar-refractivity contribution in [2.45, 2.75) is 40.2 Å². The molecule has 0 bridgehead atoms.